The summed E-state index contributed by atoms with van der Waals surface area (Å²) in [7, 11) is 5.01. The van der Waals surface area contributed by atoms with Crippen molar-refractivity contribution in [3.05, 3.63) is 24.3 Å². The highest BCUT2D eigenvalue weighted by atomic mass is 16.5. The van der Waals surface area contributed by atoms with Crippen molar-refractivity contribution in [1.29, 1.82) is 0 Å². The first-order chi connectivity index (χ1) is 14.4. The number of β-amino-alcohol motifs (C(OH)–C–C–N with tert-alkyl or cyclic N) is 1. The minimum absolute atomic E-state index is 0.00765. The number of benzene rings is 1. The molecule has 1 aromatic rings. The summed E-state index contributed by atoms with van der Waals surface area (Å²) in [4.78, 5) is 28.3. The Kier molecular flexibility index (Phi) is 7.52. The Morgan fingerprint density at radius 3 is 2.83 bits per heavy atom. The van der Waals surface area contributed by atoms with E-state index in [9.17, 15) is 14.7 Å². The number of methoxy groups -OCH3 is 1. The van der Waals surface area contributed by atoms with Gasteiger partial charge in [0.05, 0.1) is 51.5 Å². The van der Waals surface area contributed by atoms with Crippen molar-refractivity contribution < 1.29 is 28.9 Å². The zero-order valence-electron chi connectivity index (χ0n) is 17.7. The van der Waals surface area contributed by atoms with Crippen molar-refractivity contribution in [3.63, 3.8) is 0 Å². The molecule has 0 radical (unpaired) electrons. The third-order valence-corrected chi connectivity index (χ3v) is 5.46. The van der Waals surface area contributed by atoms with E-state index in [0.717, 1.165) is 0 Å². The van der Waals surface area contributed by atoms with Crippen LogP contribution in [0.5, 0.6) is 5.75 Å². The van der Waals surface area contributed by atoms with E-state index >= 15 is 0 Å². The summed E-state index contributed by atoms with van der Waals surface area (Å²) in [5.41, 5.74) is 0.606. The zero-order valence-corrected chi connectivity index (χ0v) is 17.7. The molecule has 166 valence electrons. The lowest BCUT2D eigenvalue weighted by atomic mass is 9.95. The molecule has 3 amide bonds. The monoisotopic (exact) mass is 421 g/mol. The number of ether oxygens (including phenoxy) is 3. The molecule has 0 unspecified atom stereocenters. The smallest absolute Gasteiger partial charge is 0.322 e. The minimum Gasteiger partial charge on any atom is -0.497 e. The molecule has 4 atom stereocenters. The first-order valence-electron chi connectivity index (χ1n) is 10.2. The van der Waals surface area contributed by atoms with Crippen LogP contribution in [0.3, 0.4) is 0 Å². The summed E-state index contributed by atoms with van der Waals surface area (Å²) in [6.07, 6.45) is 0.265. The Labute approximate surface area is 176 Å². The van der Waals surface area contributed by atoms with Crippen molar-refractivity contribution in [3.8, 4) is 5.75 Å². The molecule has 9 heteroatoms. The highest BCUT2D eigenvalue weighted by molar-refractivity contribution is 5.89. The summed E-state index contributed by atoms with van der Waals surface area (Å²) in [5, 5.41) is 13.1. The van der Waals surface area contributed by atoms with E-state index in [1.807, 2.05) is 0 Å². The number of hydrogen-bond donors (Lipinski definition) is 2. The van der Waals surface area contributed by atoms with E-state index in [4.69, 9.17) is 14.2 Å². The number of nitrogens with zero attached hydrogens (tertiary/aromatic N) is 2. The van der Waals surface area contributed by atoms with Crippen molar-refractivity contribution in [2.45, 2.75) is 43.6 Å². The van der Waals surface area contributed by atoms with Gasteiger partial charge >= 0.3 is 6.03 Å². The molecule has 0 saturated carbocycles. The Hall–Kier alpha value is -2.36. The lowest BCUT2D eigenvalue weighted by Crippen LogP contribution is -2.58. The van der Waals surface area contributed by atoms with E-state index in [1.54, 1.807) is 55.3 Å². The van der Waals surface area contributed by atoms with Gasteiger partial charge in [-0.25, -0.2) is 4.79 Å². The Bertz CT molecular complexity index is 743. The zero-order chi connectivity index (χ0) is 21.7. The molecule has 2 heterocycles. The maximum atomic E-state index is 13.1. The van der Waals surface area contributed by atoms with Gasteiger partial charge in [0.2, 0.25) is 5.91 Å². The van der Waals surface area contributed by atoms with Gasteiger partial charge in [0, 0.05) is 25.8 Å². The number of carbonyl (C=O) groups is 2. The molecule has 0 bridgehead atoms. The van der Waals surface area contributed by atoms with Gasteiger partial charge in [0.25, 0.3) is 0 Å². The molecule has 2 saturated heterocycles. The fourth-order valence-electron chi connectivity index (χ4n) is 3.85. The molecule has 0 spiro atoms. The summed E-state index contributed by atoms with van der Waals surface area (Å²) in [6, 6.07) is 6.54. The second-order valence-corrected chi connectivity index (χ2v) is 7.94. The molecule has 2 aliphatic rings. The highest BCUT2D eigenvalue weighted by Gasteiger charge is 2.40. The number of fused-ring (bicyclic) bond motifs is 1. The maximum absolute atomic E-state index is 13.1. The van der Waals surface area contributed by atoms with Gasteiger partial charge in [-0.1, -0.05) is 6.07 Å². The molecule has 0 aliphatic carbocycles. The number of carbonyl (C=O) groups excluding carboxylic acids is 2. The van der Waals surface area contributed by atoms with Crippen LogP contribution in [0.2, 0.25) is 0 Å². The predicted octanol–water partition coefficient (Wildman–Crippen LogP) is 1.31. The van der Waals surface area contributed by atoms with Crippen molar-refractivity contribution in [2.75, 3.05) is 46.3 Å². The van der Waals surface area contributed by atoms with Crippen LogP contribution in [0.15, 0.2) is 24.3 Å². The molecule has 2 aliphatic heterocycles. The SMILES string of the molecule is COc1cccc(NC(=O)N2C[C@H](O)COC[C@@H]3O[C@@H](CC(=O)N(C)C)CC[C@H]32)c1. The molecule has 1 aromatic carbocycles. The standard InChI is InChI=1S/C21H31N3O6/c1-23(2)20(26)10-17-7-8-18-19(30-17)13-29-12-15(25)11-24(18)21(27)22-14-5-4-6-16(9-14)28-3/h4-6,9,15,17-19,25H,7-8,10-13H2,1-3H3,(H,22,27)/t15-,17+,18+,19-/m0/s1. The van der Waals surface area contributed by atoms with Crippen LogP contribution in [0.1, 0.15) is 19.3 Å². The average molecular weight is 421 g/mol. The van der Waals surface area contributed by atoms with E-state index in [1.165, 1.54) is 0 Å². The largest absolute Gasteiger partial charge is 0.497 e. The summed E-state index contributed by atoms with van der Waals surface area (Å²) >= 11 is 0. The normalized spacial score (nSPS) is 26.7. The van der Waals surface area contributed by atoms with Crippen molar-refractivity contribution in [1.82, 2.24) is 9.80 Å². The van der Waals surface area contributed by atoms with Gasteiger partial charge in [-0.15, -0.1) is 0 Å². The minimum atomic E-state index is -0.782. The number of aliphatic hydroxyl groups is 1. The quantitative estimate of drug-likeness (QED) is 0.761. The van der Waals surface area contributed by atoms with E-state index in [-0.39, 0.29) is 49.9 Å². The summed E-state index contributed by atoms with van der Waals surface area (Å²) in [6.45, 7) is 0.524. The topological polar surface area (TPSA) is 101 Å². The Morgan fingerprint density at radius 2 is 2.10 bits per heavy atom. The van der Waals surface area contributed by atoms with Crippen molar-refractivity contribution >= 4 is 17.6 Å². The fraction of sp³-hybridized carbons (Fsp3) is 0.619. The average Bonchev–Trinajstić information content (AvgIpc) is 2.71. The second-order valence-electron chi connectivity index (χ2n) is 7.94. The van der Waals surface area contributed by atoms with Crippen LogP contribution in [0.25, 0.3) is 0 Å². The molecule has 3 rings (SSSR count). The van der Waals surface area contributed by atoms with Gasteiger partial charge in [0.15, 0.2) is 0 Å². The molecule has 2 N–H and O–H groups in total. The van der Waals surface area contributed by atoms with Crippen LogP contribution >= 0.6 is 0 Å². The lowest BCUT2D eigenvalue weighted by Gasteiger charge is -2.44. The van der Waals surface area contributed by atoms with Crippen LogP contribution in [0, 0.1) is 0 Å². The van der Waals surface area contributed by atoms with Crippen LogP contribution < -0.4 is 10.1 Å². The van der Waals surface area contributed by atoms with Gasteiger partial charge < -0.3 is 34.4 Å². The fourth-order valence-corrected chi connectivity index (χ4v) is 3.85. The first-order valence-corrected chi connectivity index (χ1v) is 10.2. The lowest BCUT2D eigenvalue weighted by molar-refractivity contribution is -0.153. The molecule has 2 fully saturated rings. The van der Waals surface area contributed by atoms with Crippen LogP contribution in [-0.4, -0.2) is 92.2 Å². The third-order valence-electron chi connectivity index (χ3n) is 5.46. The first kappa shape index (κ1) is 22.3. The number of nitrogens with one attached hydrogen (secondary N) is 1. The van der Waals surface area contributed by atoms with Gasteiger partial charge in [-0.05, 0) is 25.0 Å². The molecular formula is C21H31N3O6. The van der Waals surface area contributed by atoms with Crippen LogP contribution in [-0.2, 0) is 14.3 Å². The highest BCUT2D eigenvalue weighted by Crippen LogP contribution is 2.28. The number of rotatable bonds is 4. The van der Waals surface area contributed by atoms with E-state index in [0.29, 0.717) is 30.7 Å². The number of aliphatic hydroxyl groups excluding tert-OH is 1. The number of amides is 3. The molecule has 0 aromatic heterocycles. The summed E-state index contributed by atoms with van der Waals surface area (Å²) in [5.74, 6) is 0.648. The van der Waals surface area contributed by atoms with Gasteiger partial charge in [-0.2, -0.15) is 0 Å². The number of urea groups is 1. The molecule has 30 heavy (non-hydrogen) atoms. The molecular weight excluding hydrogens is 390 g/mol. The Morgan fingerprint density at radius 1 is 1.30 bits per heavy atom. The maximum Gasteiger partial charge on any atom is 0.322 e. The number of hydrogen-bond acceptors (Lipinski definition) is 6. The molecule has 9 nitrogen and oxygen atoms in total. The predicted molar refractivity (Wildman–Crippen MR) is 111 cm³/mol. The van der Waals surface area contributed by atoms with Crippen LogP contribution in [0.4, 0.5) is 10.5 Å². The third kappa shape index (κ3) is 5.62. The van der Waals surface area contributed by atoms with Crippen molar-refractivity contribution in [2.24, 2.45) is 0 Å². The number of anilines is 1. The Balaban J connectivity index is 1.71. The van der Waals surface area contributed by atoms with E-state index < -0.39 is 6.10 Å². The van der Waals surface area contributed by atoms with Gasteiger partial charge in [0.1, 0.15) is 11.9 Å². The van der Waals surface area contributed by atoms with E-state index in [2.05, 4.69) is 5.32 Å². The van der Waals surface area contributed by atoms with Gasteiger partial charge in [-0.3, -0.25) is 4.79 Å². The summed E-state index contributed by atoms with van der Waals surface area (Å²) < 4.78 is 17.0. The second kappa shape index (κ2) is 10.1.